The molecule has 0 saturated heterocycles. The minimum absolute atomic E-state index is 0.0493. The fraction of sp³-hybridized carbons (Fsp3) is 0.235. The number of carbonyl (C=O) groups excluding carboxylic acids is 1. The molecule has 2 nitrogen and oxygen atoms in total. The number of hydrogen-bond donors (Lipinski definition) is 0. The molecule has 0 aliphatic rings. The number of hydrogen-bond acceptors (Lipinski definition) is 1. The molecular formula is C17H17F2NO. The van der Waals surface area contributed by atoms with Gasteiger partial charge >= 0.3 is 0 Å². The lowest BCUT2D eigenvalue weighted by atomic mass is 10.1. The molecule has 0 N–H and O–H groups in total. The Hall–Kier alpha value is -2.23. The SMILES string of the molecule is CCN(Cc1cccc(F)c1)C(=O)c1cc(C)ccc1F. The first-order valence-electron chi connectivity index (χ1n) is 6.81. The number of nitrogens with zero attached hydrogens (tertiary/aromatic N) is 1. The summed E-state index contributed by atoms with van der Waals surface area (Å²) >= 11 is 0. The van der Waals surface area contributed by atoms with Crippen molar-refractivity contribution in [1.82, 2.24) is 4.90 Å². The van der Waals surface area contributed by atoms with Crippen LogP contribution in [0.1, 0.15) is 28.4 Å². The van der Waals surface area contributed by atoms with Crippen molar-refractivity contribution < 1.29 is 13.6 Å². The van der Waals surface area contributed by atoms with Crippen LogP contribution in [-0.2, 0) is 6.54 Å². The van der Waals surface area contributed by atoms with E-state index < -0.39 is 5.82 Å². The molecule has 21 heavy (non-hydrogen) atoms. The van der Waals surface area contributed by atoms with E-state index in [4.69, 9.17) is 0 Å². The molecule has 0 aromatic heterocycles. The molecule has 1 amide bonds. The van der Waals surface area contributed by atoms with Crippen molar-refractivity contribution in [3.63, 3.8) is 0 Å². The van der Waals surface area contributed by atoms with E-state index in [0.29, 0.717) is 12.1 Å². The summed E-state index contributed by atoms with van der Waals surface area (Å²) in [5.41, 5.74) is 1.55. The van der Waals surface area contributed by atoms with Gasteiger partial charge < -0.3 is 4.90 Å². The van der Waals surface area contributed by atoms with Gasteiger partial charge in [0.25, 0.3) is 5.91 Å². The summed E-state index contributed by atoms with van der Waals surface area (Å²) < 4.78 is 27.0. The number of aryl methyl sites for hydroxylation is 1. The van der Waals surface area contributed by atoms with Crippen molar-refractivity contribution in [1.29, 1.82) is 0 Å². The zero-order chi connectivity index (χ0) is 15.4. The Morgan fingerprint density at radius 3 is 2.57 bits per heavy atom. The van der Waals surface area contributed by atoms with Crippen LogP contribution in [0.4, 0.5) is 8.78 Å². The molecule has 2 rings (SSSR count). The first-order valence-corrected chi connectivity index (χ1v) is 6.81. The summed E-state index contributed by atoms with van der Waals surface area (Å²) in [5, 5.41) is 0. The lowest BCUT2D eigenvalue weighted by Crippen LogP contribution is -2.31. The van der Waals surface area contributed by atoms with Crippen molar-refractivity contribution in [3.05, 3.63) is 70.8 Å². The number of carbonyl (C=O) groups is 1. The van der Waals surface area contributed by atoms with E-state index in [-0.39, 0.29) is 23.8 Å². The maximum Gasteiger partial charge on any atom is 0.257 e. The van der Waals surface area contributed by atoms with E-state index in [1.165, 1.54) is 29.2 Å². The Balaban J connectivity index is 2.24. The third-order valence-electron chi connectivity index (χ3n) is 3.28. The third-order valence-corrected chi connectivity index (χ3v) is 3.28. The number of rotatable bonds is 4. The quantitative estimate of drug-likeness (QED) is 0.835. The summed E-state index contributed by atoms with van der Waals surface area (Å²) in [6.45, 7) is 4.28. The fourth-order valence-electron chi connectivity index (χ4n) is 2.16. The molecule has 0 atom stereocenters. The summed E-state index contributed by atoms with van der Waals surface area (Å²) in [6, 6.07) is 10.5. The molecule has 0 spiro atoms. The van der Waals surface area contributed by atoms with Crippen LogP contribution in [0.25, 0.3) is 0 Å². The van der Waals surface area contributed by atoms with E-state index in [0.717, 1.165) is 5.56 Å². The molecule has 0 heterocycles. The van der Waals surface area contributed by atoms with Gasteiger partial charge in [0.05, 0.1) is 5.56 Å². The Labute approximate surface area is 123 Å². The topological polar surface area (TPSA) is 20.3 Å². The van der Waals surface area contributed by atoms with Crippen LogP contribution in [0, 0.1) is 18.6 Å². The van der Waals surface area contributed by atoms with E-state index in [1.54, 1.807) is 25.1 Å². The number of amides is 1. The average molecular weight is 289 g/mol. The zero-order valence-corrected chi connectivity index (χ0v) is 12.1. The zero-order valence-electron chi connectivity index (χ0n) is 12.1. The van der Waals surface area contributed by atoms with Gasteiger partial charge in [0.2, 0.25) is 0 Å². The van der Waals surface area contributed by atoms with E-state index in [1.807, 2.05) is 6.92 Å². The molecule has 0 unspecified atom stereocenters. The molecular weight excluding hydrogens is 272 g/mol. The van der Waals surface area contributed by atoms with Gasteiger partial charge in [0.15, 0.2) is 0 Å². The molecule has 0 bridgehead atoms. The largest absolute Gasteiger partial charge is 0.335 e. The Kier molecular flexibility index (Phi) is 4.68. The van der Waals surface area contributed by atoms with Crippen LogP contribution in [0.2, 0.25) is 0 Å². The van der Waals surface area contributed by atoms with Gasteiger partial charge in [-0.3, -0.25) is 4.79 Å². The van der Waals surface area contributed by atoms with Crippen LogP contribution < -0.4 is 0 Å². The molecule has 0 fully saturated rings. The molecule has 2 aromatic rings. The summed E-state index contributed by atoms with van der Waals surface area (Å²) in [4.78, 5) is 13.9. The van der Waals surface area contributed by atoms with Gasteiger partial charge in [-0.2, -0.15) is 0 Å². The predicted octanol–water partition coefficient (Wildman–Crippen LogP) is 3.94. The highest BCUT2D eigenvalue weighted by Gasteiger charge is 2.18. The lowest BCUT2D eigenvalue weighted by Gasteiger charge is -2.21. The third kappa shape index (κ3) is 3.66. The van der Waals surface area contributed by atoms with Crippen LogP contribution in [0.3, 0.4) is 0 Å². The first-order chi connectivity index (χ1) is 10.0. The molecule has 4 heteroatoms. The van der Waals surface area contributed by atoms with Crippen molar-refractivity contribution in [2.75, 3.05) is 6.54 Å². The number of halogens is 2. The normalized spacial score (nSPS) is 10.5. The number of benzene rings is 2. The second-order valence-corrected chi connectivity index (χ2v) is 4.93. The standard InChI is InChI=1S/C17H17F2NO/c1-3-20(11-13-5-4-6-14(18)10-13)17(21)15-9-12(2)7-8-16(15)19/h4-10H,3,11H2,1-2H3. The van der Waals surface area contributed by atoms with Crippen LogP contribution in [0.15, 0.2) is 42.5 Å². The van der Waals surface area contributed by atoms with E-state index in [2.05, 4.69) is 0 Å². The molecule has 0 aliphatic heterocycles. The maximum atomic E-state index is 13.8. The van der Waals surface area contributed by atoms with Gasteiger partial charge in [0.1, 0.15) is 11.6 Å². The second-order valence-electron chi connectivity index (χ2n) is 4.93. The van der Waals surface area contributed by atoms with Crippen molar-refractivity contribution >= 4 is 5.91 Å². The van der Waals surface area contributed by atoms with Gasteiger partial charge in [-0.1, -0.05) is 23.8 Å². The van der Waals surface area contributed by atoms with Crippen LogP contribution in [0.5, 0.6) is 0 Å². The Bertz CT molecular complexity index is 655. The summed E-state index contributed by atoms with van der Waals surface area (Å²) in [7, 11) is 0. The minimum Gasteiger partial charge on any atom is -0.335 e. The monoisotopic (exact) mass is 289 g/mol. The molecule has 0 aliphatic carbocycles. The molecule has 110 valence electrons. The predicted molar refractivity (Wildman–Crippen MR) is 78.0 cm³/mol. The highest BCUT2D eigenvalue weighted by molar-refractivity contribution is 5.94. The Morgan fingerprint density at radius 2 is 1.90 bits per heavy atom. The Morgan fingerprint density at radius 1 is 1.14 bits per heavy atom. The first kappa shape index (κ1) is 15.2. The molecule has 0 saturated carbocycles. The highest BCUT2D eigenvalue weighted by atomic mass is 19.1. The van der Waals surface area contributed by atoms with Gasteiger partial charge in [-0.05, 0) is 43.7 Å². The lowest BCUT2D eigenvalue weighted by molar-refractivity contribution is 0.0747. The average Bonchev–Trinajstić information content (AvgIpc) is 2.46. The maximum absolute atomic E-state index is 13.8. The van der Waals surface area contributed by atoms with Crippen LogP contribution in [-0.4, -0.2) is 17.4 Å². The smallest absolute Gasteiger partial charge is 0.257 e. The van der Waals surface area contributed by atoms with Gasteiger partial charge in [0, 0.05) is 13.1 Å². The molecule has 0 radical (unpaired) electrons. The van der Waals surface area contributed by atoms with Gasteiger partial charge in [-0.15, -0.1) is 0 Å². The summed E-state index contributed by atoms with van der Waals surface area (Å²) in [6.07, 6.45) is 0. The van der Waals surface area contributed by atoms with E-state index >= 15 is 0 Å². The van der Waals surface area contributed by atoms with Gasteiger partial charge in [-0.25, -0.2) is 8.78 Å². The second kappa shape index (κ2) is 6.48. The van der Waals surface area contributed by atoms with Crippen molar-refractivity contribution in [2.24, 2.45) is 0 Å². The van der Waals surface area contributed by atoms with E-state index in [9.17, 15) is 13.6 Å². The highest BCUT2D eigenvalue weighted by Crippen LogP contribution is 2.15. The minimum atomic E-state index is -0.539. The van der Waals surface area contributed by atoms with Crippen molar-refractivity contribution in [2.45, 2.75) is 20.4 Å². The fourth-order valence-corrected chi connectivity index (χ4v) is 2.16. The molecule has 2 aromatic carbocycles. The van der Waals surface area contributed by atoms with Crippen molar-refractivity contribution in [3.8, 4) is 0 Å². The van der Waals surface area contributed by atoms with Crippen LogP contribution >= 0.6 is 0 Å². The summed E-state index contributed by atoms with van der Waals surface area (Å²) in [5.74, 6) is -1.27.